The van der Waals surface area contributed by atoms with Crippen LogP contribution in [0.15, 0.2) is 79.0 Å². The third-order valence-corrected chi connectivity index (χ3v) is 6.32. The lowest BCUT2D eigenvalue weighted by Gasteiger charge is -2.21. The number of carbonyl (C=O) groups excluding carboxylic acids is 2. The Morgan fingerprint density at radius 1 is 0.970 bits per heavy atom. The highest BCUT2D eigenvalue weighted by atomic mass is 32.1. The molecule has 0 atom stereocenters. The number of aromatic nitrogens is 2. The van der Waals surface area contributed by atoms with Crippen LogP contribution in [-0.2, 0) is 11.2 Å². The van der Waals surface area contributed by atoms with Crippen molar-refractivity contribution >= 4 is 34.5 Å². The summed E-state index contributed by atoms with van der Waals surface area (Å²) in [5, 5.41) is 3.63. The zero-order valence-corrected chi connectivity index (χ0v) is 19.3. The highest BCUT2D eigenvalue weighted by Gasteiger charge is 2.18. The van der Waals surface area contributed by atoms with Gasteiger partial charge < -0.3 is 10.2 Å². The Labute approximate surface area is 197 Å². The van der Waals surface area contributed by atoms with Crippen molar-refractivity contribution in [3.63, 3.8) is 0 Å². The summed E-state index contributed by atoms with van der Waals surface area (Å²) >= 11 is 1.32. The molecule has 2 heterocycles. The monoisotopic (exact) mass is 456 g/mol. The van der Waals surface area contributed by atoms with E-state index in [-0.39, 0.29) is 11.8 Å². The van der Waals surface area contributed by atoms with Crippen LogP contribution in [0.2, 0.25) is 0 Å². The van der Waals surface area contributed by atoms with Crippen LogP contribution in [0.4, 0.5) is 11.4 Å². The quantitative estimate of drug-likeness (QED) is 0.406. The van der Waals surface area contributed by atoms with E-state index in [0.717, 1.165) is 16.9 Å². The molecule has 0 aliphatic heterocycles. The van der Waals surface area contributed by atoms with Crippen molar-refractivity contribution in [1.82, 2.24) is 9.97 Å². The molecular formula is C26H24N4O2S. The Morgan fingerprint density at radius 2 is 1.70 bits per heavy atom. The van der Waals surface area contributed by atoms with Crippen molar-refractivity contribution in [3.05, 3.63) is 95.1 Å². The molecule has 4 rings (SSSR count). The number of benzene rings is 2. The van der Waals surface area contributed by atoms with Gasteiger partial charge in [0.25, 0.3) is 5.91 Å². The van der Waals surface area contributed by atoms with E-state index in [1.165, 1.54) is 11.3 Å². The topological polar surface area (TPSA) is 75.2 Å². The van der Waals surface area contributed by atoms with Gasteiger partial charge >= 0.3 is 0 Å². The van der Waals surface area contributed by atoms with Crippen LogP contribution >= 0.6 is 11.3 Å². The number of amides is 2. The van der Waals surface area contributed by atoms with Gasteiger partial charge in [-0.25, -0.2) is 4.98 Å². The Balaban J connectivity index is 1.41. The maximum atomic E-state index is 12.8. The number of nitrogens with one attached hydrogen (secondary N) is 1. The molecule has 0 unspecified atom stereocenters. The summed E-state index contributed by atoms with van der Waals surface area (Å²) in [7, 11) is 0. The van der Waals surface area contributed by atoms with Crippen LogP contribution in [0.3, 0.4) is 0 Å². The highest BCUT2D eigenvalue weighted by Crippen LogP contribution is 2.27. The van der Waals surface area contributed by atoms with Gasteiger partial charge in [-0.15, -0.1) is 11.3 Å². The van der Waals surface area contributed by atoms with E-state index in [0.29, 0.717) is 34.2 Å². The largest absolute Gasteiger partial charge is 0.321 e. The summed E-state index contributed by atoms with van der Waals surface area (Å²) in [5.74, 6) is -0.180. The Morgan fingerprint density at radius 3 is 2.36 bits per heavy atom. The number of aryl methyl sites for hydroxylation is 1. The van der Waals surface area contributed by atoms with Crippen molar-refractivity contribution in [2.75, 3.05) is 16.8 Å². The predicted octanol–water partition coefficient (Wildman–Crippen LogP) is 5.36. The Hall–Kier alpha value is -3.84. The minimum atomic E-state index is -0.211. The van der Waals surface area contributed by atoms with Gasteiger partial charge in [0.15, 0.2) is 0 Å². The molecule has 0 aliphatic carbocycles. The first-order valence-corrected chi connectivity index (χ1v) is 11.5. The van der Waals surface area contributed by atoms with Crippen LogP contribution in [0.1, 0.15) is 27.9 Å². The molecule has 33 heavy (non-hydrogen) atoms. The molecule has 4 aromatic rings. The Kier molecular flexibility index (Phi) is 6.90. The molecule has 0 saturated heterocycles. The molecule has 2 amide bonds. The lowest BCUT2D eigenvalue weighted by Crippen LogP contribution is -2.31. The number of likely N-dealkylation sites (N-methyl/N-ethyl adjacent to an activating group) is 1. The van der Waals surface area contributed by atoms with Crippen molar-refractivity contribution < 1.29 is 9.59 Å². The second kappa shape index (κ2) is 10.2. The van der Waals surface area contributed by atoms with E-state index < -0.39 is 0 Å². The number of pyridine rings is 1. The SMILES string of the molecule is CCN(C(=O)Cc1ccc(NC(=O)c2sc(-c3ccccn3)nc2C)cc1)c1ccccc1. The van der Waals surface area contributed by atoms with Crippen LogP contribution in [-0.4, -0.2) is 28.3 Å². The maximum Gasteiger partial charge on any atom is 0.267 e. The summed E-state index contributed by atoms with van der Waals surface area (Å²) in [6.07, 6.45) is 2.00. The summed E-state index contributed by atoms with van der Waals surface area (Å²) in [6, 6.07) is 22.6. The summed E-state index contributed by atoms with van der Waals surface area (Å²) in [6.45, 7) is 4.38. The molecule has 7 heteroatoms. The van der Waals surface area contributed by atoms with Crippen LogP contribution in [0.25, 0.3) is 10.7 Å². The molecule has 0 aliphatic rings. The van der Waals surface area contributed by atoms with Crippen LogP contribution in [0, 0.1) is 6.92 Å². The molecule has 6 nitrogen and oxygen atoms in total. The second-order valence-corrected chi connectivity index (χ2v) is 8.45. The van der Waals surface area contributed by atoms with Gasteiger partial charge in [0.2, 0.25) is 5.91 Å². The molecule has 0 radical (unpaired) electrons. The lowest BCUT2D eigenvalue weighted by molar-refractivity contribution is -0.117. The average Bonchev–Trinajstić information content (AvgIpc) is 3.24. The first-order chi connectivity index (χ1) is 16.0. The van der Waals surface area contributed by atoms with Crippen LogP contribution < -0.4 is 10.2 Å². The van der Waals surface area contributed by atoms with E-state index in [2.05, 4.69) is 15.3 Å². The standard InChI is InChI=1S/C26H24N4O2S/c1-3-30(21-9-5-4-6-10-21)23(31)17-19-12-14-20(15-13-19)29-25(32)24-18(2)28-26(33-24)22-11-7-8-16-27-22/h4-16H,3,17H2,1-2H3,(H,29,32). The number of rotatable bonds is 7. The zero-order valence-electron chi connectivity index (χ0n) is 18.5. The van der Waals surface area contributed by atoms with Gasteiger partial charge in [0.1, 0.15) is 9.88 Å². The van der Waals surface area contributed by atoms with Gasteiger partial charge in [-0.3, -0.25) is 14.6 Å². The number of thiazole rings is 1. The molecule has 2 aromatic carbocycles. The van der Waals surface area contributed by atoms with Crippen LogP contribution in [0.5, 0.6) is 0 Å². The molecular weight excluding hydrogens is 432 g/mol. The van der Waals surface area contributed by atoms with Crippen molar-refractivity contribution in [3.8, 4) is 10.7 Å². The maximum absolute atomic E-state index is 12.8. The first-order valence-electron chi connectivity index (χ1n) is 10.7. The fourth-order valence-corrected chi connectivity index (χ4v) is 4.42. The van der Waals surface area contributed by atoms with E-state index in [4.69, 9.17) is 0 Å². The predicted molar refractivity (Wildman–Crippen MR) is 133 cm³/mol. The van der Waals surface area contributed by atoms with E-state index in [1.807, 2.05) is 86.6 Å². The lowest BCUT2D eigenvalue weighted by atomic mass is 10.1. The van der Waals surface area contributed by atoms with Gasteiger partial charge in [0.05, 0.1) is 17.8 Å². The molecule has 0 spiro atoms. The number of hydrogen-bond acceptors (Lipinski definition) is 5. The third-order valence-electron chi connectivity index (χ3n) is 5.14. The van der Waals surface area contributed by atoms with E-state index in [1.54, 1.807) is 11.1 Å². The highest BCUT2D eigenvalue weighted by molar-refractivity contribution is 7.17. The normalized spacial score (nSPS) is 10.6. The smallest absolute Gasteiger partial charge is 0.267 e. The summed E-state index contributed by atoms with van der Waals surface area (Å²) in [4.78, 5) is 36.7. The minimum absolute atomic E-state index is 0.0304. The van der Waals surface area contributed by atoms with Gasteiger partial charge in [-0.1, -0.05) is 36.4 Å². The van der Waals surface area contributed by atoms with Gasteiger partial charge in [-0.2, -0.15) is 0 Å². The number of para-hydroxylation sites is 1. The zero-order chi connectivity index (χ0) is 23.2. The molecule has 0 fully saturated rings. The number of hydrogen-bond donors (Lipinski definition) is 1. The van der Waals surface area contributed by atoms with Gasteiger partial charge in [0, 0.05) is 24.1 Å². The summed E-state index contributed by atoms with van der Waals surface area (Å²) in [5.41, 5.74) is 3.85. The molecule has 0 saturated carbocycles. The minimum Gasteiger partial charge on any atom is -0.321 e. The Bertz CT molecular complexity index is 1240. The molecule has 0 bridgehead atoms. The second-order valence-electron chi connectivity index (χ2n) is 7.45. The first kappa shape index (κ1) is 22.4. The van der Waals surface area contributed by atoms with Crippen molar-refractivity contribution in [2.24, 2.45) is 0 Å². The molecule has 1 N–H and O–H groups in total. The fraction of sp³-hybridized carbons (Fsp3) is 0.154. The third kappa shape index (κ3) is 5.32. The number of nitrogens with zero attached hydrogens (tertiary/aromatic N) is 3. The number of carbonyl (C=O) groups is 2. The number of anilines is 2. The van der Waals surface area contributed by atoms with E-state index >= 15 is 0 Å². The summed E-state index contributed by atoms with van der Waals surface area (Å²) < 4.78 is 0. The van der Waals surface area contributed by atoms with E-state index in [9.17, 15) is 9.59 Å². The van der Waals surface area contributed by atoms with Crippen molar-refractivity contribution in [2.45, 2.75) is 20.3 Å². The molecule has 2 aromatic heterocycles. The molecule has 166 valence electrons. The fourth-order valence-electron chi connectivity index (χ4n) is 3.48. The van der Waals surface area contributed by atoms with Crippen molar-refractivity contribution in [1.29, 1.82) is 0 Å². The average molecular weight is 457 g/mol. The van der Waals surface area contributed by atoms with Gasteiger partial charge in [-0.05, 0) is 55.8 Å².